The van der Waals surface area contributed by atoms with Crippen LogP contribution in [-0.2, 0) is 21.2 Å². The van der Waals surface area contributed by atoms with Gasteiger partial charge in [0.2, 0.25) is 10.0 Å². The number of carbonyl (C=O) groups is 1. The van der Waals surface area contributed by atoms with Crippen LogP contribution in [0, 0.1) is 5.92 Å². The summed E-state index contributed by atoms with van der Waals surface area (Å²) in [4.78, 5) is 11.1. The van der Waals surface area contributed by atoms with Gasteiger partial charge in [-0.05, 0) is 30.9 Å². The second-order valence-corrected chi connectivity index (χ2v) is 7.60. The van der Waals surface area contributed by atoms with Crippen molar-refractivity contribution < 1.29 is 18.3 Å². The van der Waals surface area contributed by atoms with Crippen LogP contribution in [0.2, 0.25) is 0 Å². The molecule has 0 unspecified atom stereocenters. The van der Waals surface area contributed by atoms with Gasteiger partial charge in [-0.3, -0.25) is 4.79 Å². The van der Waals surface area contributed by atoms with Crippen LogP contribution in [0.5, 0.6) is 0 Å². The van der Waals surface area contributed by atoms with E-state index < -0.39 is 16.0 Å². The normalized spacial score (nSPS) is 16.4. The van der Waals surface area contributed by atoms with Gasteiger partial charge in [-0.2, -0.15) is 0 Å². The maximum Gasteiger partial charge on any atom is 0.308 e. The molecule has 0 radical (unpaired) electrons. The number of aliphatic carboxylic acids is 1. The van der Waals surface area contributed by atoms with E-state index in [9.17, 15) is 13.2 Å². The molecule has 100 valence electrons. The minimum absolute atomic E-state index is 0.136. The molecule has 1 aliphatic rings. The van der Waals surface area contributed by atoms with Crippen LogP contribution < -0.4 is 4.72 Å². The van der Waals surface area contributed by atoms with E-state index in [4.69, 9.17) is 5.11 Å². The monoisotopic (exact) mass is 289 g/mol. The third kappa shape index (κ3) is 3.30. The van der Waals surface area contributed by atoms with Crippen molar-refractivity contribution in [2.24, 2.45) is 5.92 Å². The molecule has 1 aromatic rings. The maximum atomic E-state index is 11.9. The first-order chi connectivity index (χ1) is 8.47. The van der Waals surface area contributed by atoms with E-state index in [1.807, 2.05) is 0 Å². The van der Waals surface area contributed by atoms with Crippen molar-refractivity contribution in [3.63, 3.8) is 0 Å². The minimum atomic E-state index is -3.47. The fourth-order valence-corrected chi connectivity index (χ4v) is 4.25. The van der Waals surface area contributed by atoms with Crippen molar-refractivity contribution in [1.29, 1.82) is 0 Å². The topological polar surface area (TPSA) is 83.5 Å². The zero-order valence-electron chi connectivity index (χ0n) is 9.76. The molecule has 0 atom stereocenters. The molecule has 5 nitrogen and oxygen atoms in total. The molecule has 2 N–H and O–H groups in total. The largest absolute Gasteiger partial charge is 0.481 e. The van der Waals surface area contributed by atoms with E-state index in [0.29, 0.717) is 17.3 Å². The third-order valence-corrected chi connectivity index (χ3v) is 6.01. The van der Waals surface area contributed by atoms with E-state index >= 15 is 0 Å². The standard InChI is InChI=1S/C11H15NO4S2/c13-10(14)6-9-4-5-11(17-9)18(15,16)12-7-8-2-1-3-8/h4-5,8,12H,1-3,6-7H2,(H,13,14). The molecular weight excluding hydrogens is 274 g/mol. The summed E-state index contributed by atoms with van der Waals surface area (Å²) in [6.45, 7) is 0.481. The summed E-state index contributed by atoms with van der Waals surface area (Å²) >= 11 is 1.01. The van der Waals surface area contributed by atoms with E-state index in [1.165, 1.54) is 12.5 Å². The van der Waals surface area contributed by atoms with Gasteiger partial charge in [0.1, 0.15) is 4.21 Å². The molecule has 1 aromatic heterocycles. The minimum Gasteiger partial charge on any atom is -0.481 e. The smallest absolute Gasteiger partial charge is 0.308 e. The molecule has 7 heteroatoms. The summed E-state index contributed by atoms with van der Waals surface area (Å²) in [5.74, 6) is -0.499. The number of nitrogens with one attached hydrogen (secondary N) is 1. The molecular formula is C11H15NO4S2. The van der Waals surface area contributed by atoms with Gasteiger partial charge < -0.3 is 5.11 Å². The lowest BCUT2D eigenvalue weighted by Gasteiger charge is -2.25. The molecule has 18 heavy (non-hydrogen) atoms. The lowest BCUT2D eigenvalue weighted by Crippen LogP contribution is -2.31. The van der Waals surface area contributed by atoms with Crippen molar-refractivity contribution >= 4 is 27.3 Å². The van der Waals surface area contributed by atoms with Gasteiger partial charge >= 0.3 is 5.97 Å². The first-order valence-electron chi connectivity index (χ1n) is 5.77. The lowest BCUT2D eigenvalue weighted by atomic mass is 9.86. The van der Waals surface area contributed by atoms with Gasteiger partial charge in [-0.25, -0.2) is 13.1 Å². The van der Waals surface area contributed by atoms with E-state index in [-0.39, 0.29) is 10.6 Å². The highest BCUT2D eigenvalue weighted by molar-refractivity contribution is 7.91. The fourth-order valence-electron chi connectivity index (χ4n) is 1.74. The number of hydrogen-bond acceptors (Lipinski definition) is 4. The zero-order valence-corrected chi connectivity index (χ0v) is 11.4. The average molecular weight is 289 g/mol. The van der Waals surface area contributed by atoms with Crippen LogP contribution in [0.25, 0.3) is 0 Å². The fraction of sp³-hybridized carbons (Fsp3) is 0.545. The molecule has 0 bridgehead atoms. The van der Waals surface area contributed by atoms with Crippen molar-refractivity contribution in [2.45, 2.75) is 29.9 Å². The number of carboxylic acid groups (broad SMARTS) is 1. The molecule has 1 aliphatic carbocycles. The van der Waals surface area contributed by atoms with Gasteiger partial charge in [0.25, 0.3) is 0 Å². The van der Waals surface area contributed by atoms with Crippen molar-refractivity contribution in [3.05, 3.63) is 17.0 Å². The Labute approximate surface area is 110 Å². The lowest BCUT2D eigenvalue weighted by molar-refractivity contribution is -0.136. The van der Waals surface area contributed by atoms with Gasteiger partial charge in [0, 0.05) is 11.4 Å². The van der Waals surface area contributed by atoms with Crippen LogP contribution in [0.15, 0.2) is 16.3 Å². The van der Waals surface area contributed by atoms with Crippen LogP contribution in [0.1, 0.15) is 24.1 Å². The van der Waals surface area contributed by atoms with Crippen LogP contribution >= 0.6 is 11.3 Å². The Morgan fingerprint density at radius 2 is 2.17 bits per heavy atom. The first-order valence-corrected chi connectivity index (χ1v) is 8.07. The SMILES string of the molecule is O=C(O)Cc1ccc(S(=O)(=O)NCC2CCC2)s1. The quantitative estimate of drug-likeness (QED) is 0.830. The average Bonchev–Trinajstić information content (AvgIpc) is 2.63. The molecule has 0 saturated heterocycles. The highest BCUT2D eigenvalue weighted by Gasteiger charge is 2.22. The third-order valence-electron chi connectivity index (χ3n) is 3.01. The molecule has 1 saturated carbocycles. The van der Waals surface area contributed by atoms with Crippen LogP contribution in [-0.4, -0.2) is 26.0 Å². The second kappa shape index (κ2) is 5.38. The maximum absolute atomic E-state index is 11.9. The molecule has 0 aromatic carbocycles. The van der Waals surface area contributed by atoms with Gasteiger partial charge in [0.05, 0.1) is 6.42 Å². The highest BCUT2D eigenvalue weighted by atomic mass is 32.2. The van der Waals surface area contributed by atoms with E-state index in [0.717, 1.165) is 24.2 Å². The van der Waals surface area contributed by atoms with Crippen molar-refractivity contribution in [3.8, 4) is 0 Å². The molecule has 1 heterocycles. The molecule has 2 rings (SSSR count). The Bertz CT molecular complexity index is 531. The van der Waals surface area contributed by atoms with Crippen molar-refractivity contribution in [2.75, 3.05) is 6.54 Å². The predicted molar refractivity (Wildman–Crippen MR) is 68.2 cm³/mol. The molecule has 1 fully saturated rings. The number of sulfonamides is 1. The Kier molecular flexibility index (Phi) is 4.04. The summed E-state index contributed by atoms with van der Waals surface area (Å²) in [6.07, 6.45) is 3.20. The Balaban J connectivity index is 1.99. The predicted octanol–water partition coefficient (Wildman–Crippen LogP) is 1.45. The Morgan fingerprint density at radius 3 is 2.72 bits per heavy atom. The molecule has 0 aliphatic heterocycles. The van der Waals surface area contributed by atoms with E-state index in [2.05, 4.69) is 4.72 Å². The van der Waals surface area contributed by atoms with Gasteiger partial charge in [0.15, 0.2) is 0 Å². The number of hydrogen-bond donors (Lipinski definition) is 2. The van der Waals surface area contributed by atoms with Gasteiger partial charge in [-0.15, -0.1) is 11.3 Å². The van der Waals surface area contributed by atoms with E-state index in [1.54, 1.807) is 6.07 Å². The summed E-state index contributed by atoms with van der Waals surface area (Å²) in [6, 6.07) is 3.02. The van der Waals surface area contributed by atoms with Gasteiger partial charge in [-0.1, -0.05) is 6.42 Å². The molecule has 0 amide bonds. The second-order valence-electron chi connectivity index (χ2n) is 4.44. The summed E-state index contributed by atoms with van der Waals surface area (Å²) < 4.78 is 26.6. The Hall–Kier alpha value is -0.920. The Morgan fingerprint density at radius 1 is 1.44 bits per heavy atom. The highest BCUT2D eigenvalue weighted by Crippen LogP contribution is 2.27. The summed E-state index contributed by atoms with van der Waals surface area (Å²) in [5, 5.41) is 8.64. The number of carboxylic acids is 1. The van der Waals surface area contributed by atoms with Crippen LogP contribution in [0.4, 0.5) is 0 Å². The van der Waals surface area contributed by atoms with Crippen molar-refractivity contribution in [1.82, 2.24) is 4.72 Å². The molecule has 0 spiro atoms. The van der Waals surface area contributed by atoms with Crippen LogP contribution in [0.3, 0.4) is 0 Å². The summed E-state index contributed by atoms with van der Waals surface area (Å²) in [7, 11) is -3.47. The zero-order chi connectivity index (χ0) is 13.2. The summed E-state index contributed by atoms with van der Waals surface area (Å²) in [5.41, 5.74) is 0. The number of rotatable bonds is 6. The first kappa shape index (κ1) is 13.5. The number of thiophene rings is 1.